The van der Waals surface area contributed by atoms with Gasteiger partial charge >= 0.3 is 6.03 Å². The van der Waals surface area contributed by atoms with Crippen molar-refractivity contribution in [2.24, 2.45) is 5.73 Å². The molecule has 0 saturated carbocycles. The molecule has 6 heteroatoms. The van der Waals surface area contributed by atoms with Crippen molar-refractivity contribution in [1.82, 2.24) is 15.1 Å². The van der Waals surface area contributed by atoms with Gasteiger partial charge in [-0.05, 0) is 49.1 Å². The number of hydrogen-bond donors (Lipinski definition) is 2. The SMILES string of the molecule is COc1ccc(CN2CC3(CCN(CCC(N)c4ccccc4)CC3)NC2=O)cc1. The number of carbonyl (C=O) groups excluding carboxylic acids is 1. The molecule has 4 rings (SSSR count). The Morgan fingerprint density at radius 2 is 1.80 bits per heavy atom. The molecule has 0 aliphatic carbocycles. The minimum atomic E-state index is -0.0956. The topological polar surface area (TPSA) is 70.8 Å². The van der Waals surface area contributed by atoms with Crippen molar-refractivity contribution in [3.8, 4) is 5.75 Å². The second-order valence-electron chi connectivity index (χ2n) is 8.56. The Morgan fingerprint density at radius 3 is 2.47 bits per heavy atom. The summed E-state index contributed by atoms with van der Waals surface area (Å²) < 4.78 is 5.21. The molecule has 0 bridgehead atoms. The molecule has 1 spiro atoms. The maximum absolute atomic E-state index is 12.6. The minimum absolute atomic E-state index is 0.0466. The Balaban J connectivity index is 1.26. The Hall–Kier alpha value is -2.57. The number of carbonyl (C=O) groups is 1. The van der Waals surface area contributed by atoms with Crippen molar-refractivity contribution < 1.29 is 9.53 Å². The van der Waals surface area contributed by atoms with Crippen LogP contribution in [-0.4, -0.2) is 54.7 Å². The standard InChI is InChI=1S/C24H32N4O2/c1-30-21-9-7-19(8-10-21)17-28-18-24(26-23(28)29)12-15-27(16-13-24)14-11-22(25)20-5-3-2-4-6-20/h2-10,22H,11-18,25H2,1H3,(H,26,29). The maximum atomic E-state index is 12.6. The normalized spacial score (nSPS) is 19.7. The highest BCUT2D eigenvalue weighted by atomic mass is 16.5. The van der Waals surface area contributed by atoms with Gasteiger partial charge in [-0.3, -0.25) is 0 Å². The molecule has 2 aromatic carbocycles. The van der Waals surface area contributed by atoms with Crippen LogP contribution in [0.5, 0.6) is 5.75 Å². The molecular formula is C24H32N4O2. The molecule has 0 radical (unpaired) electrons. The van der Waals surface area contributed by atoms with E-state index in [0.29, 0.717) is 6.54 Å². The number of likely N-dealkylation sites (tertiary alicyclic amines) is 1. The predicted octanol–water partition coefficient (Wildman–Crippen LogP) is 3.15. The Labute approximate surface area is 179 Å². The molecule has 0 aromatic heterocycles. The number of piperidine rings is 1. The van der Waals surface area contributed by atoms with Crippen LogP contribution in [-0.2, 0) is 6.54 Å². The summed E-state index contributed by atoms with van der Waals surface area (Å²) in [6.07, 6.45) is 2.92. The molecule has 2 aliphatic rings. The van der Waals surface area contributed by atoms with Gasteiger partial charge < -0.3 is 25.6 Å². The quantitative estimate of drug-likeness (QED) is 0.738. The van der Waals surface area contributed by atoms with Gasteiger partial charge in [0.2, 0.25) is 0 Å². The fourth-order valence-corrected chi connectivity index (χ4v) is 4.54. The highest BCUT2D eigenvalue weighted by Crippen LogP contribution is 2.29. The van der Waals surface area contributed by atoms with Gasteiger partial charge in [0.05, 0.1) is 12.6 Å². The number of nitrogens with one attached hydrogen (secondary N) is 1. The minimum Gasteiger partial charge on any atom is -0.497 e. The van der Waals surface area contributed by atoms with Gasteiger partial charge in [-0.1, -0.05) is 42.5 Å². The lowest BCUT2D eigenvalue weighted by molar-refractivity contribution is 0.145. The fraction of sp³-hybridized carbons (Fsp3) is 0.458. The number of rotatable bonds is 7. The zero-order valence-electron chi connectivity index (χ0n) is 17.7. The summed E-state index contributed by atoms with van der Waals surface area (Å²) in [6.45, 7) is 4.40. The van der Waals surface area contributed by atoms with Gasteiger partial charge in [-0.15, -0.1) is 0 Å². The Morgan fingerprint density at radius 1 is 1.10 bits per heavy atom. The highest BCUT2D eigenvalue weighted by molar-refractivity contribution is 5.78. The predicted molar refractivity (Wildman–Crippen MR) is 118 cm³/mol. The van der Waals surface area contributed by atoms with Crippen LogP contribution in [0.1, 0.15) is 36.4 Å². The van der Waals surface area contributed by atoms with Gasteiger partial charge in [-0.2, -0.15) is 0 Å². The van der Waals surface area contributed by atoms with E-state index >= 15 is 0 Å². The summed E-state index contributed by atoms with van der Waals surface area (Å²) >= 11 is 0. The van der Waals surface area contributed by atoms with Crippen LogP contribution in [0.2, 0.25) is 0 Å². The Kier molecular flexibility index (Phi) is 6.25. The molecule has 2 saturated heterocycles. The number of amides is 2. The number of methoxy groups -OCH3 is 1. The summed E-state index contributed by atoms with van der Waals surface area (Å²) in [5, 5.41) is 3.28. The van der Waals surface area contributed by atoms with Gasteiger partial charge in [0.15, 0.2) is 0 Å². The number of urea groups is 1. The molecule has 2 aromatic rings. The molecule has 3 N–H and O–H groups in total. The van der Waals surface area contributed by atoms with Gasteiger partial charge in [-0.25, -0.2) is 4.79 Å². The number of ether oxygens (including phenoxy) is 1. The third-order valence-corrected chi connectivity index (χ3v) is 6.48. The summed E-state index contributed by atoms with van der Waals surface area (Å²) in [4.78, 5) is 17.0. The number of hydrogen-bond acceptors (Lipinski definition) is 4. The fourth-order valence-electron chi connectivity index (χ4n) is 4.54. The highest BCUT2D eigenvalue weighted by Gasteiger charge is 2.44. The van der Waals surface area contributed by atoms with Crippen LogP contribution in [0.15, 0.2) is 54.6 Å². The van der Waals surface area contributed by atoms with E-state index in [0.717, 1.165) is 56.8 Å². The van der Waals surface area contributed by atoms with E-state index in [1.165, 1.54) is 5.56 Å². The number of nitrogens with zero attached hydrogens (tertiary/aromatic N) is 2. The first-order valence-electron chi connectivity index (χ1n) is 10.8. The van der Waals surface area contributed by atoms with E-state index in [-0.39, 0.29) is 17.6 Å². The van der Waals surface area contributed by atoms with Crippen LogP contribution in [0.3, 0.4) is 0 Å². The van der Waals surface area contributed by atoms with E-state index in [4.69, 9.17) is 10.5 Å². The molecule has 6 nitrogen and oxygen atoms in total. The summed E-state index contributed by atoms with van der Waals surface area (Å²) in [6, 6.07) is 18.4. The molecule has 30 heavy (non-hydrogen) atoms. The molecule has 2 fully saturated rings. The first kappa shape index (κ1) is 20.7. The largest absolute Gasteiger partial charge is 0.497 e. The molecule has 1 atom stereocenters. The lowest BCUT2D eigenvalue weighted by Crippen LogP contribution is -2.52. The molecule has 160 valence electrons. The van der Waals surface area contributed by atoms with E-state index < -0.39 is 0 Å². The lowest BCUT2D eigenvalue weighted by atomic mass is 9.88. The Bertz CT molecular complexity index is 832. The second kappa shape index (κ2) is 9.06. The van der Waals surface area contributed by atoms with Crippen molar-refractivity contribution in [2.75, 3.05) is 33.3 Å². The van der Waals surface area contributed by atoms with Crippen molar-refractivity contribution in [3.63, 3.8) is 0 Å². The van der Waals surface area contributed by atoms with Crippen LogP contribution in [0.25, 0.3) is 0 Å². The van der Waals surface area contributed by atoms with Crippen LogP contribution < -0.4 is 15.8 Å². The maximum Gasteiger partial charge on any atom is 0.318 e. The van der Waals surface area contributed by atoms with Gasteiger partial charge in [0.25, 0.3) is 0 Å². The monoisotopic (exact) mass is 408 g/mol. The average Bonchev–Trinajstić information content (AvgIpc) is 3.08. The molecule has 2 amide bonds. The second-order valence-corrected chi connectivity index (χ2v) is 8.56. The lowest BCUT2D eigenvalue weighted by Gasteiger charge is -2.39. The van der Waals surface area contributed by atoms with E-state index in [9.17, 15) is 4.79 Å². The molecule has 2 heterocycles. The van der Waals surface area contributed by atoms with Gasteiger partial charge in [0, 0.05) is 32.2 Å². The summed E-state index contributed by atoms with van der Waals surface area (Å²) in [5.41, 5.74) is 8.58. The van der Waals surface area contributed by atoms with Crippen LogP contribution in [0.4, 0.5) is 4.79 Å². The molecular weight excluding hydrogens is 376 g/mol. The zero-order valence-corrected chi connectivity index (χ0v) is 17.7. The number of benzene rings is 2. The zero-order chi connectivity index (χ0) is 21.0. The van der Waals surface area contributed by atoms with Crippen LogP contribution in [0, 0.1) is 0 Å². The number of nitrogens with two attached hydrogens (primary N) is 1. The summed E-state index contributed by atoms with van der Waals surface area (Å²) in [5.74, 6) is 0.834. The van der Waals surface area contributed by atoms with Crippen molar-refractivity contribution >= 4 is 6.03 Å². The third kappa shape index (κ3) is 4.77. The van der Waals surface area contributed by atoms with E-state index in [2.05, 4.69) is 22.3 Å². The van der Waals surface area contributed by atoms with Crippen molar-refractivity contribution in [2.45, 2.75) is 37.4 Å². The first-order chi connectivity index (χ1) is 14.6. The third-order valence-electron chi connectivity index (χ3n) is 6.48. The van der Waals surface area contributed by atoms with Crippen LogP contribution >= 0.6 is 0 Å². The molecule has 2 aliphatic heterocycles. The van der Waals surface area contributed by atoms with Crippen molar-refractivity contribution in [1.29, 1.82) is 0 Å². The smallest absolute Gasteiger partial charge is 0.318 e. The summed E-state index contributed by atoms with van der Waals surface area (Å²) in [7, 11) is 1.66. The van der Waals surface area contributed by atoms with E-state index in [1.54, 1.807) is 7.11 Å². The first-order valence-corrected chi connectivity index (χ1v) is 10.8. The van der Waals surface area contributed by atoms with Gasteiger partial charge in [0.1, 0.15) is 5.75 Å². The van der Waals surface area contributed by atoms with Crippen molar-refractivity contribution in [3.05, 3.63) is 65.7 Å². The average molecular weight is 409 g/mol. The molecule has 1 unspecified atom stereocenters. The van der Waals surface area contributed by atoms with E-state index in [1.807, 2.05) is 47.4 Å².